The van der Waals surface area contributed by atoms with Crippen LogP contribution in [0.15, 0.2) is 46.9 Å². The van der Waals surface area contributed by atoms with E-state index in [0.717, 1.165) is 26.6 Å². The van der Waals surface area contributed by atoms with Crippen LogP contribution in [0.2, 0.25) is 10.0 Å². The molecular weight excluding hydrogens is 345 g/mol. The van der Waals surface area contributed by atoms with Gasteiger partial charge in [-0.25, -0.2) is 0 Å². The van der Waals surface area contributed by atoms with Crippen LogP contribution in [0.5, 0.6) is 0 Å². The Kier molecular flexibility index (Phi) is 5.28. The number of hydrogen-bond donors (Lipinski definition) is 1. The minimum atomic E-state index is 0.191. The molecule has 0 heterocycles. The van der Waals surface area contributed by atoms with Gasteiger partial charge in [0.1, 0.15) is 0 Å². The summed E-state index contributed by atoms with van der Waals surface area (Å²) in [6, 6.07) is 13.9. The molecule has 1 atom stereocenters. The summed E-state index contributed by atoms with van der Waals surface area (Å²) in [4.78, 5) is 0. The Bertz CT molecular complexity index is 572. The molecule has 0 unspecified atom stereocenters. The molecule has 0 aliphatic rings. The smallest absolute Gasteiger partial charge is 0.0453 e. The van der Waals surface area contributed by atoms with Crippen molar-refractivity contribution >= 4 is 39.1 Å². The summed E-state index contributed by atoms with van der Waals surface area (Å²) in [5.41, 5.74) is 2.28. The van der Waals surface area contributed by atoms with Gasteiger partial charge in [-0.2, -0.15) is 0 Å². The second-order valence-electron chi connectivity index (χ2n) is 4.36. The third kappa shape index (κ3) is 3.96. The third-order valence-electron chi connectivity index (χ3n) is 2.99. The van der Waals surface area contributed by atoms with Gasteiger partial charge in [-0.15, -0.1) is 0 Å². The molecule has 4 heteroatoms. The first-order chi connectivity index (χ1) is 9.08. The first-order valence-corrected chi connectivity index (χ1v) is 7.54. The first kappa shape index (κ1) is 14.9. The lowest BCUT2D eigenvalue weighted by atomic mass is 10.1. The van der Waals surface area contributed by atoms with Crippen LogP contribution >= 0.6 is 39.1 Å². The molecule has 2 rings (SSSR count). The quantitative estimate of drug-likeness (QED) is 0.749. The fourth-order valence-corrected chi connectivity index (χ4v) is 2.99. The average Bonchev–Trinajstić information content (AvgIpc) is 2.38. The van der Waals surface area contributed by atoms with E-state index in [1.54, 1.807) is 0 Å². The lowest BCUT2D eigenvalue weighted by molar-refractivity contribution is 0.574. The molecular formula is C15H14BrCl2N. The van der Waals surface area contributed by atoms with E-state index in [9.17, 15) is 0 Å². The van der Waals surface area contributed by atoms with Crippen LogP contribution in [0, 0.1) is 0 Å². The number of hydrogen-bond acceptors (Lipinski definition) is 1. The van der Waals surface area contributed by atoms with Crippen LogP contribution in [0.4, 0.5) is 0 Å². The second-order valence-corrected chi connectivity index (χ2v) is 6.06. The van der Waals surface area contributed by atoms with Crippen molar-refractivity contribution < 1.29 is 0 Å². The summed E-state index contributed by atoms with van der Waals surface area (Å²) < 4.78 is 1.01. The molecule has 0 fully saturated rings. The van der Waals surface area contributed by atoms with E-state index in [4.69, 9.17) is 23.2 Å². The van der Waals surface area contributed by atoms with Crippen molar-refractivity contribution in [1.29, 1.82) is 0 Å². The number of benzene rings is 2. The Morgan fingerprint density at radius 3 is 2.58 bits per heavy atom. The SMILES string of the molecule is C[C@@H](NCc1ccc(Cl)cc1Br)c1ccccc1Cl. The van der Waals surface area contributed by atoms with Crippen LogP contribution in [0.3, 0.4) is 0 Å². The highest BCUT2D eigenvalue weighted by Gasteiger charge is 2.09. The van der Waals surface area contributed by atoms with Crippen molar-refractivity contribution in [2.75, 3.05) is 0 Å². The predicted molar refractivity (Wildman–Crippen MR) is 85.9 cm³/mol. The minimum Gasteiger partial charge on any atom is -0.306 e. The van der Waals surface area contributed by atoms with Gasteiger partial charge in [-0.3, -0.25) is 0 Å². The summed E-state index contributed by atoms with van der Waals surface area (Å²) in [6.07, 6.45) is 0. The maximum absolute atomic E-state index is 6.19. The van der Waals surface area contributed by atoms with Crippen LogP contribution in [0.25, 0.3) is 0 Å². The highest BCUT2D eigenvalue weighted by Crippen LogP contribution is 2.24. The lowest BCUT2D eigenvalue weighted by Gasteiger charge is -2.16. The largest absolute Gasteiger partial charge is 0.306 e. The fourth-order valence-electron chi connectivity index (χ4n) is 1.86. The van der Waals surface area contributed by atoms with E-state index in [1.165, 1.54) is 5.56 Å². The van der Waals surface area contributed by atoms with Crippen molar-refractivity contribution in [2.45, 2.75) is 19.5 Å². The zero-order chi connectivity index (χ0) is 13.8. The normalized spacial score (nSPS) is 12.4. The molecule has 0 spiro atoms. The molecule has 0 aliphatic carbocycles. The molecule has 0 bridgehead atoms. The summed E-state index contributed by atoms with van der Waals surface area (Å²) in [5, 5.41) is 4.98. The zero-order valence-electron chi connectivity index (χ0n) is 10.5. The molecule has 2 aromatic rings. The van der Waals surface area contributed by atoms with Crippen molar-refractivity contribution in [3.63, 3.8) is 0 Å². The Morgan fingerprint density at radius 1 is 1.16 bits per heavy atom. The summed E-state index contributed by atoms with van der Waals surface area (Å²) in [6.45, 7) is 2.86. The van der Waals surface area contributed by atoms with E-state index < -0.39 is 0 Å². The Labute approximate surface area is 132 Å². The van der Waals surface area contributed by atoms with Gasteiger partial charge in [-0.1, -0.05) is 63.4 Å². The van der Waals surface area contributed by atoms with E-state index in [1.807, 2.05) is 42.5 Å². The van der Waals surface area contributed by atoms with Crippen molar-refractivity contribution in [2.24, 2.45) is 0 Å². The van der Waals surface area contributed by atoms with Crippen LogP contribution in [-0.2, 0) is 6.54 Å². The van der Waals surface area contributed by atoms with E-state index in [2.05, 4.69) is 28.2 Å². The van der Waals surface area contributed by atoms with Gasteiger partial charge in [0.2, 0.25) is 0 Å². The third-order valence-corrected chi connectivity index (χ3v) is 4.30. The predicted octanol–water partition coefficient (Wildman–Crippen LogP) is 5.61. The number of rotatable bonds is 4. The van der Waals surface area contributed by atoms with Gasteiger partial charge in [-0.05, 0) is 36.2 Å². The van der Waals surface area contributed by atoms with E-state index in [-0.39, 0.29) is 6.04 Å². The lowest BCUT2D eigenvalue weighted by Crippen LogP contribution is -2.18. The standard InChI is InChI=1S/C15H14BrCl2N/c1-10(13-4-2-3-5-15(13)18)19-9-11-6-7-12(17)8-14(11)16/h2-8,10,19H,9H2,1H3/t10-/m1/s1. The van der Waals surface area contributed by atoms with Crippen LogP contribution in [-0.4, -0.2) is 0 Å². The van der Waals surface area contributed by atoms with Gasteiger partial charge in [0, 0.05) is 27.1 Å². The summed E-state index contributed by atoms with van der Waals surface area (Å²) >= 11 is 15.6. The van der Waals surface area contributed by atoms with Gasteiger partial charge in [0.05, 0.1) is 0 Å². The zero-order valence-corrected chi connectivity index (χ0v) is 13.6. The summed E-state index contributed by atoms with van der Waals surface area (Å²) in [5.74, 6) is 0. The Hall–Kier alpha value is -0.540. The molecule has 0 saturated carbocycles. The second kappa shape index (κ2) is 6.76. The molecule has 1 nitrogen and oxygen atoms in total. The topological polar surface area (TPSA) is 12.0 Å². The number of nitrogens with one attached hydrogen (secondary N) is 1. The molecule has 0 aliphatic heterocycles. The minimum absolute atomic E-state index is 0.191. The van der Waals surface area contributed by atoms with Gasteiger partial charge in [0.25, 0.3) is 0 Å². The monoisotopic (exact) mass is 357 g/mol. The average molecular weight is 359 g/mol. The van der Waals surface area contributed by atoms with E-state index >= 15 is 0 Å². The van der Waals surface area contributed by atoms with Crippen LogP contribution in [0.1, 0.15) is 24.1 Å². The van der Waals surface area contributed by atoms with Crippen molar-refractivity contribution in [1.82, 2.24) is 5.32 Å². The Morgan fingerprint density at radius 2 is 1.89 bits per heavy atom. The molecule has 1 N–H and O–H groups in total. The molecule has 100 valence electrons. The molecule has 0 amide bonds. The van der Waals surface area contributed by atoms with Gasteiger partial charge < -0.3 is 5.32 Å². The van der Waals surface area contributed by atoms with Gasteiger partial charge >= 0.3 is 0 Å². The summed E-state index contributed by atoms with van der Waals surface area (Å²) in [7, 11) is 0. The highest BCUT2D eigenvalue weighted by molar-refractivity contribution is 9.10. The van der Waals surface area contributed by atoms with Crippen LogP contribution < -0.4 is 5.32 Å². The maximum Gasteiger partial charge on any atom is 0.0453 e. The molecule has 0 saturated heterocycles. The fraction of sp³-hybridized carbons (Fsp3) is 0.200. The molecule has 0 radical (unpaired) electrons. The molecule has 2 aromatic carbocycles. The maximum atomic E-state index is 6.19. The van der Waals surface area contributed by atoms with E-state index in [0.29, 0.717) is 0 Å². The first-order valence-electron chi connectivity index (χ1n) is 5.99. The number of halogens is 3. The molecule has 19 heavy (non-hydrogen) atoms. The van der Waals surface area contributed by atoms with Gasteiger partial charge in [0.15, 0.2) is 0 Å². The Balaban J connectivity index is 2.04. The highest BCUT2D eigenvalue weighted by atomic mass is 79.9. The van der Waals surface area contributed by atoms with Crippen molar-refractivity contribution in [3.05, 3.63) is 68.1 Å². The molecule has 0 aromatic heterocycles. The van der Waals surface area contributed by atoms with Crippen molar-refractivity contribution in [3.8, 4) is 0 Å².